The van der Waals surface area contributed by atoms with Crippen molar-refractivity contribution in [2.45, 2.75) is 18.9 Å². The molecule has 0 saturated carbocycles. The van der Waals surface area contributed by atoms with Gasteiger partial charge in [0.1, 0.15) is 11.9 Å². The second-order valence-electron chi connectivity index (χ2n) is 4.79. The molecule has 0 unspecified atom stereocenters. The van der Waals surface area contributed by atoms with Gasteiger partial charge in [0.25, 0.3) is 0 Å². The Kier molecular flexibility index (Phi) is 4.68. The largest absolute Gasteiger partial charge is 0.480 e. The smallest absolute Gasteiger partial charge is 0.326 e. The lowest BCUT2D eigenvalue weighted by Gasteiger charge is -2.16. The number of rotatable bonds is 5. The third kappa shape index (κ3) is 3.77. The average molecular weight is 281 g/mol. The highest BCUT2D eigenvalue weighted by Crippen LogP contribution is 2.13. The van der Waals surface area contributed by atoms with Crippen molar-refractivity contribution in [3.8, 4) is 0 Å². The number of aliphatic carboxylic acids is 1. The summed E-state index contributed by atoms with van der Waals surface area (Å²) in [4.78, 5) is 23.1. The highest BCUT2D eigenvalue weighted by atomic mass is 19.1. The standard InChI is InChI=1S/C14H16FNO4/c15-11-3-1-9(2-4-11)7-12(14(18)19)16-13(17)10-5-6-20-8-10/h1-4,10,12H,5-8H2,(H,16,17)(H,18,19)/t10-,12-/m0/s1. The summed E-state index contributed by atoms with van der Waals surface area (Å²) in [5.74, 6) is -2.09. The summed E-state index contributed by atoms with van der Waals surface area (Å²) in [6.07, 6.45) is 0.726. The highest BCUT2D eigenvalue weighted by molar-refractivity contribution is 5.85. The lowest BCUT2D eigenvalue weighted by atomic mass is 10.0. The zero-order valence-electron chi connectivity index (χ0n) is 10.8. The molecule has 0 bridgehead atoms. The first-order chi connectivity index (χ1) is 9.56. The maximum atomic E-state index is 12.8. The Bertz CT molecular complexity index is 482. The van der Waals surface area contributed by atoms with Crippen LogP contribution in [0, 0.1) is 11.7 Å². The molecule has 1 aliphatic heterocycles. The van der Waals surface area contributed by atoms with Crippen LogP contribution in [0.3, 0.4) is 0 Å². The summed E-state index contributed by atoms with van der Waals surface area (Å²) in [7, 11) is 0. The molecule has 1 aromatic carbocycles. The van der Waals surface area contributed by atoms with Crippen LogP contribution in [0.4, 0.5) is 4.39 Å². The summed E-state index contributed by atoms with van der Waals surface area (Å²) < 4.78 is 17.9. The fraction of sp³-hybridized carbons (Fsp3) is 0.429. The fourth-order valence-corrected chi connectivity index (χ4v) is 2.09. The van der Waals surface area contributed by atoms with Crippen molar-refractivity contribution >= 4 is 11.9 Å². The van der Waals surface area contributed by atoms with Gasteiger partial charge in [-0.05, 0) is 24.1 Å². The van der Waals surface area contributed by atoms with E-state index in [0.717, 1.165) is 0 Å². The topological polar surface area (TPSA) is 75.6 Å². The van der Waals surface area contributed by atoms with Crippen LogP contribution in [0.5, 0.6) is 0 Å². The Morgan fingerprint density at radius 1 is 1.40 bits per heavy atom. The van der Waals surface area contributed by atoms with Crippen molar-refractivity contribution in [1.82, 2.24) is 5.32 Å². The van der Waals surface area contributed by atoms with Gasteiger partial charge in [-0.15, -0.1) is 0 Å². The molecule has 0 aliphatic carbocycles. The molecule has 0 aromatic heterocycles. The maximum absolute atomic E-state index is 12.8. The van der Waals surface area contributed by atoms with Crippen molar-refractivity contribution in [2.24, 2.45) is 5.92 Å². The number of nitrogens with one attached hydrogen (secondary N) is 1. The van der Waals surface area contributed by atoms with E-state index >= 15 is 0 Å². The number of hydrogen-bond acceptors (Lipinski definition) is 3. The summed E-state index contributed by atoms with van der Waals surface area (Å²) in [6.45, 7) is 0.850. The van der Waals surface area contributed by atoms with Gasteiger partial charge in [-0.2, -0.15) is 0 Å². The van der Waals surface area contributed by atoms with Crippen LogP contribution in [-0.4, -0.2) is 36.2 Å². The molecule has 2 atom stereocenters. The van der Waals surface area contributed by atoms with Crippen LogP contribution < -0.4 is 5.32 Å². The van der Waals surface area contributed by atoms with Crippen molar-refractivity contribution in [3.05, 3.63) is 35.6 Å². The molecule has 1 fully saturated rings. The van der Waals surface area contributed by atoms with Gasteiger partial charge >= 0.3 is 5.97 Å². The number of halogens is 1. The van der Waals surface area contributed by atoms with Gasteiger partial charge < -0.3 is 15.2 Å². The number of ether oxygens (including phenoxy) is 1. The van der Waals surface area contributed by atoms with Gasteiger partial charge in [0, 0.05) is 13.0 Å². The van der Waals surface area contributed by atoms with Gasteiger partial charge in [-0.25, -0.2) is 9.18 Å². The summed E-state index contributed by atoms with van der Waals surface area (Å²) >= 11 is 0. The van der Waals surface area contributed by atoms with E-state index < -0.39 is 12.0 Å². The van der Waals surface area contributed by atoms with Crippen LogP contribution in [0.2, 0.25) is 0 Å². The number of carboxylic acid groups (broad SMARTS) is 1. The molecular formula is C14H16FNO4. The fourth-order valence-electron chi connectivity index (χ4n) is 2.09. The second kappa shape index (κ2) is 6.47. The first kappa shape index (κ1) is 14.5. The Hall–Kier alpha value is -1.95. The van der Waals surface area contributed by atoms with Crippen LogP contribution in [0.1, 0.15) is 12.0 Å². The number of carboxylic acids is 1. The zero-order chi connectivity index (χ0) is 14.5. The van der Waals surface area contributed by atoms with Gasteiger partial charge in [-0.3, -0.25) is 4.79 Å². The minimum Gasteiger partial charge on any atom is -0.480 e. The number of hydrogen-bond donors (Lipinski definition) is 2. The molecular weight excluding hydrogens is 265 g/mol. The van der Waals surface area contributed by atoms with E-state index in [9.17, 15) is 14.0 Å². The van der Waals surface area contributed by atoms with Crippen LogP contribution in [0.15, 0.2) is 24.3 Å². The van der Waals surface area contributed by atoms with E-state index in [0.29, 0.717) is 25.2 Å². The molecule has 1 aromatic rings. The monoisotopic (exact) mass is 281 g/mol. The molecule has 2 rings (SSSR count). The minimum atomic E-state index is -1.11. The number of carbonyl (C=O) groups is 2. The molecule has 1 amide bonds. The molecule has 108 valence electrons. The van der Waals surface area contributed by atoms with Gasteiger partial charge in [-0.1, -0.05) is 12.1 Å². The van der Waals surface area contributed by atoms with Crippen LogP contribution >= 0.6 is 0 Å². The first-order valence-electron chi connectivity index (χ1n) is 6.41. The summed E-state index contributed by atoms with van der Waals surface area (Å²) in [5.41, 5.74) is 0.654. The maximum Gasteiger partial charge on any atom is 0.326 e. The molecule has 0 radical (unpaired) electrons. The predicted octanol–water partition coefficient (Wildman–Crippen LogP) is 0.974. The van der Waals surface area contributed by atoms with E-state index in [4.69, 9.17) is 9.84 Å². The quantitative estimate of drug-likeness (QED) is 0.843. The van der Waals surface area contributed by atoms with Gasteiger partial charge in [0.2, 0.25) is 5.91 Å². The Morgan fingerprint density at radius 2 is 2.10 bits per heavy atom. The van der Waals surface area contributed by atoms with Gasteiger partial charge in [0.15, 0.2) is 0 Å². The molecule has 20 heavy (non-hydrogen) atoms. The second-order valence-corrected chi connectivity index (χ2v) is 4.79. The molecule has 0 spiro atoms. The summed E-state index contributed by atoms with van der Waals surface area (Å²) in [5, 5.41) is 11.7. The van der Waals surface area contributed by atoms with E-state index in [1.807, 2.05) is 0 Å². The predicted molar refractivity (Wildman–Crippen MR) is 68.6 cm³/mol. The highest BCUT2D eigenvalue weighted by Gasteiger charge is 2.28. The van der Waals surface area contributed by atoms with E-state index in [-0.39, 0.29) is 24.1 Å². The Labute approximate surface area is 115 Å². The number of amides is 1. The molecule has 1 saturated heterocycles. The molecule has 5 nitrogen and oxygen atoms in total. The minimum absolute atomic E-state index is 0.120. The molecule has 1 heterocycles. The van der Waals surface area contributed by atoms with Crippen molar-refractivity contribution in [1.29, 1.82) is 0 Å². The van der Waals surface area contributed by atoms with Crippen molar-refractivity contribution < 1.29 is 23.8 Å². The average Bonchev–Trinajstić information content (AvgIpc) is 2.94. The Morgan fingerprint density at radius 3 is 2.65 bits per heavy atom. The third-order valence-electron chi connectivity index (χ3n) is 3.27. The van der Waals surface area contributed by atoms with Crippen molar-refractivity contribution in [3.63, 3.8) is 0 Å². The van der Waals surface area contributed by atoms with Crippen LogP contribution in [-0.2, 0) is 20.7 Å². The SMILES string of the molecule is O=C(N[C@@H](Cc1ccc(F)cc1)C(=O)O)[C@H]1CCOC1. The Balaban J connectivity index is 1.98. The van der Waals surface area contributed by atoms with Crippen molar-refractivity contribution in [2.75, 3.05) is 13.2 Å². The van der Waals surface area contributed by atoms with E-state index in [1.165, 1.54) is 24.3 Å². The third-order valence-corrected chi connectivity index (χ3v) is 3.27. The lowest BCUT2D eigenvalue weighted by Crippen LogP contribution is -2.45. The van der Waals surface area contributed by atoms with E-state index in [2.05, 4.69) is 5.32 Å². The van der Waals surface area contributed by atoms with Crippen LogP contribution in [0.25, 0.3) is 0 Å². The van der Waals surface area contributed by atoms with E-state index in [1.54, 1.807) is 0 Å². The normalized spacial score (nSPS) is 19.6. The number of benzene rings is 1. The summed E-state index contributed by atoms with van der Waals surface area (Å²) in [6, 6.07) is 4.53. The van der Waals surface area contributed by atoms with Gasteiger partial charge in [0.05, 0.1) is 12.5 Å². The molecule has 2 N–H and O–H groups in total. The first-order valence-corrected chi connectivity index (χ1v) is 6.41. The zero-order valence-corrected chi connectivity index (χ0v) is 10.8. The number of carbonyl (C=O) groups excluding carboxylic acids is 1. The molecule has 6 heteroatoms. The lowest BCUT2D eigenvalue weighted by molar-refractivity contribution is -0.142. The molecule has 1 aliphatic rings.